The lowest BCUT2D eigenvalue weighted by molar-refractivity contribution is 0.262. The van der Waals surface area contributed by atoms with Crippen molar-refractivity contribution in [2.45, 2.75) is 4.90 Å². The second-order valence-electron chi connectivity index (χ2n) is 4.87. The van der Waals surface area contributed by atoms with E-state index in [1.807, 2.05) is 0 Å². The Kier molecular flexibility index (Phi) is 4.97. The van der Waals surface area contributed by atoms with Gasteiger partial charge < -0.3 is 10.6 Å². The van der Waals surface area contributed by atoms with Crippen LogP contribution < -0.4 is 10.6 Å². The standard InChI is InChI=1S/C15H16FN3O3S/c1-19(2)23(21,22)12-9-7-11(8-10-12)17-15(20)18-14-6-4-3-5-13(14)16/h3-10H,1-2H3,(H2,17,18,20). The molecule has 0 aliphatic heterocycles. The van der Waals surface area contributed by atoms with Crippen LogP contribution in [-0.4, -0.2) is 32.8 Å². The number of carbonyl (C=O) groups is 1. The molecule has 0 saturated heterocycles. The Hall–Kier alpha value is -2.45. The third kappa shape index (κ3) is 4.05. The summed E-state index contributed by atoms with van der Waals surface area (Å²) in [5, 5.41) is 4.87. The largest absolute Gasteiger partial charge is 0.323 e. The number of carbonyl (C=O) groups excluding carboxylic acids is 1. The third-order valence-corrected chi connectivity index (χ3v) is 4.84. The molecule has 0 aliphatic rings. The van der Waals surface area contributed by atoms with Crippen molar-refractivity contribution in [3.05, 3.63) is 54.3 Å². The summed E-state index contributed by atoms with van der Waals surface area (Å²) in [5.74, 6) is -0.546. The molecule has 2 rings (SSSR count). The Bertz CT molecular complexity index is 805. The maximum atomic E-state index is 13.4. The third-order valence-electron chi connectivity index (χ3n) is 3.01. The van der Waals surface area contributed by atoms with E-state index < -0.39 is 21.9 Å². The Morgan fingerprint density at radius 3 is 2.17 bits per heavy atom. The number of hydrogen-bond acceptors (Lipinski definition) is 3. The number of halogens is 1. The highest BCUT2D eigenvalue weighted by Gasteiger charge is 2.16. The van der Waals surface area contributed by atoms with Crippen molar-refractivity contribution in [1.82, 2.24) is 4.31 Å². The summed E-state index contributed by atoms with van der Waals surface area (Å²) in [6.45, 7) is 0. The first-order valence-electron chi connectivity index (χ1n) is 6.66. The van der Waals surface area contributed by atoms with Crippen LogP contribution in [0.4, 0.5) is 20.6 Å². The van der Waals surface area contributed by atoms with Gasteiger partial charge in [0.1, 0.15) is 5.82 Å². The van der Waals surface area contributed by atoms with Crippen LogP contribution in [-0.2, 0) is 10.0 Å². The predicted molar refractivity (Wildman–Crippen MR) is 86.4 cm³/mol. The second kappa shape index (κ2) is 6.76. The van der Waals surface area contributed by atoms with Crippen LogP contribution in [0.3, 0.4) is 0 Å². The van der Waals surface area contributed by atoms with Gasteiger partial charge in [0.25, 0.3) is 0 Å². The van der Waals surface area contributed by atoms with Gasteiger partial charge in [-0.1, -0.05) is 12.1 Å². The van der Waals surface area contributed by atoms with Crippen LogP contribution in [0.1, 0.15) is 0 Å². The smallest absolute Gasteiger partial charge is 0.308 e. The zero-order valence-corrected chi connectivity index (χ0v) is 13.4. The molecule has 2 aromatic carbocycles. The topological polar surface area (TPSA) is 78.5 Å². The van der Waals surface area contributed by atoms with E-state index in [9.17, 15) is 17.6 Å². The van der Waals surface area contributed by atoms with Crippen molar-refractivity contribution < 1.29 is 17.6 Å². The van der Waals surface area contributed by atoms with Gasteiger partial charge in [-0.25, -0.2) is 21.9 Å². The van der Waals surface area contributed by atoms with Gasteiger partial charge in [-0.2, -0.15) is 0 Å². The number of benzene rings is 2. The molecule has 6 nitrogen and oxygen atoms in total. The highest BCUT2D eigenvalue weighted by atomic mass is 32.2. The van der Waals surface area contributed by atoms with E-state index in [2.05, 4.69) is 10.6 Å². The van der Waals surface area contributed by atoms with Crippen molar-refractivity contribution in [3.63, 3.8) is 0 Å². The Morgan fingerprint density at radius 1 is 1.00 bits per heavy atom. The SMILES string of the molecule is CN(C)S(=O)(=O)c1ccc(NC(=O)Nc2ccccc2F)cc1. The highest BCUT2D eigenvalue weighted by Crippen LogP contribution is 2.17. The lowest BCUT2D eigenvalue weighted by atomic mass is 10.3. The predicted octanol–water partition coefficient (Wildman–Crippen LogP) is 2.72. The molecule has 8 heteroatoms. The van der Waals surface area contributed by atoms with Crippen LogP contribution >= 0.6 is 0 Å². The number of urea groups is 1. The summed E-state index contributed by atoms with van der Waals surface area (Å²) in [6, 6.07) is 10.8. The number of sulfonamides is 1. The zero-order valence-electron chi connectivity index (χ0n) is 12.6. The minimum atomic E-state index is -3.52. The quantitative estimate of drug-likeness (QED) is 0.900. The Labute approximate surface area is 134 Å². The van der Waals surface area contributed by atoms with Crippen molar-refractivity contribution in [1.29, 1.82) is 0 Å². The summed E-state index contributed by atoms with van der Waals surface area (Å²) in [6.07, 6.45) is 0. The molecule has 2 N–H and O–H groups in total. The average Bonchev–Trinajstić information content (AvgIpc) is 2.50. The van der Waals surface area contributed by atoms with Gasteiger partial charge in [0.05, 0.1) is 10.6 Å². The van der Waals surface area contributed by atoms with Crippen LogP contribution in [0.15, 0.2) is 53.4 Å². The van der Waals surface area contributed by atoms with E-state index in [4.69, 9.17) is 0 Å². The molecule has 0 aromatic heterocycles. The van der Waals surface area contributed by atoms with Crippen molar-refractivity contribution >= 4 is 27.4 Å². The first-order chi connectivity index (χ1) is 10.8. The van der Waals surface area contributed by atoms with E-state index in [-0.39, 0.29) is 10.6 Å². The van der Waals surface area contributed by atoms with Crippen molar-refractivity contribution in [3.8, 4) is 0 Å². The van der Waals surface area contributed by atoms with E-state index in [1.165, 1.54) is 56.6 Å². The maximum Gasteiger partial charge on any atom is 0.323 e. The lowest BCUT2D eigenvalue weighted by Gasteiger charge is -2.12. The maximum absolute atomic E-state index is 13.4. The Morgan fingerprint density at radius 2 is 1.61 bits per heavy atom. The Balaban J connectivity index is 2.07. The number of hydrogen-bond donors (Lipinski definition) is 2. The molecule has 0 spiro atoms. The van der Waals surface area contributed by atoms with Crippen LogP contribution in [0.5, 0.6) is 0 Å². The fourth-order valence-corrected chi connectivity index (χ4v) is 2.67. The van der Waals surface area contributed by atoms with Crippen molar-refractivity contribution in [2.75, 3.05) is 24.7 Å². The summed E-state index contributed by atoms with van der Waals surface area (Å²) in [7, 11) is -0.653. The molecule has 23 heavy (non-hydrogen) atoms. The molecule has 0 radical (unpaired) electrons. The second-order valence-corrected chi connectivity index (χ2v) is 7.02. The molecule has 0 bridgehead atoms. The number of amides is 2. The number of nitrogens with zero attached hydrogens (tertiary/aromatic N) is 1. The molecule has 0 atom stereocenters. The minimum absolute atomic E-state index is 0.0526. The first-order valence-corrected chi connectivity index (χ1v) is 8.10. The monoisotopic (exact) mass is 337 g/mol. The van der Waals surface area contributed by atoms with E-state index in [0.29, 0.717) is 5.69 Å². The van der Waals surface area contributed by atoms with Gasteiger partial charge in [0.2, 0.25) is 10.0 Å². The molecule has 0 fully saturated rings. The van der Waals surface area contributed by atoms with Crippen LogP contribution in [0.25, 0.3) is 0 Å². The van der Waals surface area contributed by atoms with E-state index >= 15 is 0 Å². The number of para-hydroxylation sites is 1. The van der Waals surface area contributed by atoms with Crippen LogP contribution in [0, 0.1) is 5.82 Å². The number of nitrogens with one attached hydrogen (secondary N) is 2. The van der Waals surface area contributed by atoms with Gasteiger partial charge in [0, 0.05) is 19.8 Å². The van der Waals surface area contributed by atoms with Crippen LogP contribution in [0.2, 0.25) is 0 Å². The molecule has 0 saturated carbocycles. The van der Waals surface area contributed by atoms with Crippen molar-refractivity contribution in [2.24, 2.45) is 0 Å². The molecule has 2 amide bonds. The minimum Gasteiger partial charge on any atom is -0.308 e. The average molecular weight is 337 g/mol. The summed E-state index contributed by atoms with van der Waals surface area (Å²) >= 11 is 0. The molecule has 2 aromatic rings. The van der Waals surface area contributed by atoms with Gasteiger partial charge in [0.15, 0.2) is 0 Å². The zero-order chi connectivity index (χ0) is 17.0. The fraction of sp³-hybridized carbons (Fsp3) is 0.133. The molecular formula is C15H16FN3O3S. The summed E-state index contributed by atoms with van der Waals surface area (Å²) in [5.41, 5.74) is 0.438. The summed E-state index contributed by atoms with van der Waals surface area (Å²) in [4.78, 5) is 11.9. The van der Waals surface area contributed by atoms with Gasteiger partial charge in [-0.15, -0.1) is 0 Å². The highest BCUT2D eigenvalue weighted by molar-refractivity contribution is 7.89. The molecule has 0 heterocycles. The van der Waals surface area contributed by atoms with Gasteiger partial charge >= 0.3 is 6.03 Å². The fourth-order valence-electron chi connectivity index (χ4n) is 1.77. The normalized spacial score (nSPS) is 11.3. The van der Waals surface area contributed by atoms with Gasteiger partial charge in [-0.3, -0.25) is 0 Å². The molecule has 0 unspecified atom stereocenters. The van der Waals surface area contributed by atoms with E-state index in [0.717, 1.165) is 4.31 Å². The lowest BCUT2D eigenvalue weighted by Crippen LogP contribution is -2.22. The number of rotatable bonds is 4. The number of anilines is 2. The first kappa shape index (κ1) is 16.9. The van der Waals surface area contributed by atoms with E-state index in [1.54, 1.807) is 6.07 Å². The molecule has 122 valence electrons. The summed E-state index contributed by atoms with van der Waals surface area (Å²) < 4.78 is 38.4. The van der Waals surface area contributed by atoms with Gasteiger partial charge in [-0.05, 0) is 36.4 Å². The molecular weight excluding hydrogens is 321 g/mol. The molecule has 0 aliphatic carbocycles.